The standard InChI is InChI=1S/C22H34N6S.HI/c1-4-23-22(24-10-5-11-28-19(3)16-18(2)26-28)25-17-20-6-8-21(9-7-20)27-12-14-29-15-13-27;/h6-9,16H,4-5,10-15,17H2,1-3H3,(H2,23,24,25);1H. The summed E-state index contributed by atoms with van der Waals surface area (Å²) in [6, 6.07) is 11.0. The highest BCUT2D eigenvalue weighted by molar-refractivity contribution is 14.0. The average molecular weight is 543 g/mol. The first-order chi connectivity index (χ1) is 14.2. The molecule has 8 heteroatoms. The lowest BCUT2D eigenvalue weighted by Crippen LogP contribution is -2.38. The molecule has 0 radical (unpaired) electrons. The van der Waals surface area contributed by atoms with Crippen LogP contribution in [0.4, 0.5) is 5.69 Å². The molecule has 1 aliphatic rings. The molecule has 0 bridgehead atoms. The number of hydrogen-bond acceptors (Lipinski definition) is 4. The summed E-state index contributed by atoms with van der Waals surface area (Å²) in [5.74, 6) is 3.32. The number of rotatable bonds is 8. The van der Waals surface area contributed by atoms with Crippen LogP contribution in [0.1, 0.15) is 30.3 Å². The summed E-state index contributed by atoms with van der Waals surface area (Å²) >= 11 is 2.04. The molecule has 0 aliphatic carbocycles. The van der Waals surface area contributed by atoms with Gasteiger partial charge in [0.2, 0.25) is 0 Å². The molecular formula is C22H35IN6S. The topological polar surface area (TPSA) is 57.5 Å². The van der Waals surface area contributed by atoms with Gasteiger partial charge in [0.25, 0.3) is 0 Å². The predicted octanol–water partition coefficient (Wildman–Crippen LogP) is 3.82. The molecule has 1 saturated heterocycles. The van der Waals surface area contributed by atoms with E-state index in [1.807, 2.05) is 18.7 Å². The largest absolute Gasteiger partial charge is 0.370 e. The minimum Gasteiger partial charge on any atom is -0.370 e. The Kier molecular flexibility index (Phi) is 10.8. The van der Waals surface area contributed by atoms with Gasteiger partial charge in [0, 0.05) is 55.6 Å². The third-order valence-electron chi connectivity index (χ3n) is 5.02. The normalized spacial score (nSPS) is 14.4. The number of nitrogens with zero attached hydrogens (tertiary/aromatic N) is 4. The van der Waals surface area contributed by atoms with Gasteiger partial charge in [0.05, 0.1) is 12.2 Å². The van der Waals surface area contributed by atoms with Gasteiger partial charge < -0.3 is 15.5 Å². The first-order valence-corrected chi connectivity index (χ1v) is 11.8. The number of benzene rings is 1. The fraction of sp³-hybridized carbons (Fsp3) is 0.545. The maximum absolute atomic E-state index is 4.75. The molecule has 1 aromatic heterocycles. The number of aryl methyl sites for hydroxylation is 3. The minimum absolute atomic E-state index is 0. The van der Waals surface area contributed by atoms with Crippen molar-refractivity contribution < 1.29 is 0 Å². The maximum Gasteiger partial charge on any atom is 0.191 e. The minimum atomic E-state index is 0. The summed E-state index contributed by atoms with van der Waals surface area (Å²) in [7, 11) is 0. The third kappa shape index (κ3) is 7.68. The van der Waals surface area contributed by atoms with E-state index in [-0.39, 0.29) is 24.0 Å². The van der Waals surface area contributed by atoms with Crippen LogP contribution in [0.5, 0.6) is 0 Å². The van der Waals surface area contributed by atoms with Crippen molar-refractivity contribution in [2.24, 2.45) is 4.99 Å². The van der Waals surface area contributed by atoms with Gasteiger partial charge in [-0.15, -0.1) is 24.0 Å². The number of nitrogens with one attached hydrogen (secondary N) is 2. The molecule has 2 heterocycles. The Morgan fingerprint density at radius 2 is 1.87 bits per heavy atom. The first kappa shape index (κ1) is 24.8. The van der Waals surface area contributed by atoms with Crippen molar-refractivity contribution in [3.63, 3.8) is 0 Å². The van der Waals surface area contributed by atoms with E-state index in [0.29, 0.717) is 6.54 Å². The SMILES string of the molecule is CCNC(=NCc1ccc(N2CCSCC2)cc1)NCCCn1nc(C)cc1C.I. The molecule has 3 rings (SSSR count). The number of aliphatic imine (C=N–C) groups is 1. The fourth-order valence-electron chi connectivity index (χ4n) is 3.48. The summed E-state index contributed by atoms with van der Waals surface area (Å²) in [4.78, 5) is 7.22. The zero-order valence-electron chi connectivity index (χ0n) is 18.4. The molecule has 0 spiro atoms. The van der Waals surface area contributed by atoms with Crippen LogP contribution in [-0.4, -0.2) is 53.4 Å². The van der Waals surface area contributed by atoms with E-state index in [1.165, 1.54) is 28.5 Å². The van der Waals surface area contributed by atoms with Crippen LogP contribution in [0.2, 0.25) is 0 Å². The Morgan fingerprint density at radius 3 is 2.50 bits per heavy atom. The van der Waals surface area contributed by atoms with E-state index in [9.17, 15) is 0 Å². The number of hydrogen-bond donors (Lipinski definition) is 2. The second kappa shape index (κ2) is 13.1. The van der Waals surface area contributed by atoms with Crippen LogP contribution in [0.25, 0.3) is 0 Å². The highest BCUT2D eigenvalue weighted by Crippen LogP contribution is 2.20. The smallest absolute Gasteiger partial charge is 0.191 e. The van der Waals surface area contributed by atoms with Gasteiger partial charge >= 0.3 is 0 Å². The zero-order chi connectivity index (χ0) is 20.5. The van der Waals surface area contributed by atoms with E-state index < -0.39 is 0 Å². The van der Waals surface area contributed by atoms with Crippen molar-refractivity contribution in [2.75, 3.05) is 42.6 Å². The molecule has 1 aliphatic heterocycles. The van der Waals surface area contributed by atoms with Gasteiger partial charge in [-0.1, -0.05) is 12.1 Å². The molecule has 6 nitrogen and oxygen atoms in total. The molecule has 0 amide bonds. The van der Waals surface area contributed by atoms with E-state index >= 15 is 0 Å². The molecule has 1 fully saturated rings. The number of thioether (sulfide) groups is 1. The lowest BCUT2D eigenvalue weighted by Gasteiger charge is -2.28. The Balaban J connectivity index is 0.00000320. The fourth-order valence-corrected chi connectivity index (χ4v) is 4.39. The van der Waals surface area contributed by atoms with E-state index in [4.69, 9.17) is 4.99 Å². The van der Waals surface area contributed by atoms with Crippen LogP contribution < -0.4 is 15.5 Å². The molecule has 0 saturated carbocycles. The van der Waals surface area contributed by atoms with Crippen LogP contribution >= 0.6 is 35.7 Å². The molecule has 2 N–H and O–H groups in total. The van der Waals surface area contributed by atoms with Crippen molar-refractivity contribution in [1.82, 2.24) is 20.4 Å². The van der Waals surface area contributed by atoms with Gasteiger partial charge in [0.1, 0.15) is 0 Å². The van der Waals surface area contributed by atoms with Crippen LogP contribution in [0.15, 0.2) is 35.3 Å². The highest BCUT2D eigenvalue weighted by Gasteiger charge is 2.10. The molecule has 0 unspecified atom stereocenters. The Bertz CT molecular complexity index is 783. The predicted molar refractivity (Wildman–Crippen MR) is 141 cm³/mol. The maximum atomic E-state index is 4.75. The van der Waals surface area contributed by atoms with Crippen molar-refractivity contribution in [3.05, 3.63) is 47.3 Å². The highest BCUT2D eigenvalue weighted by atomic mass is 127. The Morgan fingerprint density at radius 1 is 1.13 bits per heavy atom. The van der Waals surface area contributed by atoms with Crippen LogP contribution in [0, 0.1) is 13.8 Å². The summed E-state index contributed by atoms with van der Waals surface area (Å²) < 4.78 is 2.07. The van der Waals surface area contributed by atoms with Crippen molar-refractivity contribution in [3.8, 4) is 0 Å². The zero-order valence-corrected chi connectivity index (χ0v) is 21.5. The summed E-state index contributed by atoms with van der Waals surface area (Å²) in [5, 5.41) is 11.3. The number of anilines is 1. The van der Waals surface area contributed by atoms with Gasteiger partial charge in [-0.2, -0.15) is 16.9 Å². The Hall–Kier alpha value is -1.42. The lowest BCUT2D eigenvalue weighted by atomic mass is 10.2. The summed E-state index contributed by atoms with van der Waals surface area (Å²) in [6.45, 7) is 11.9. The van der Waals surface area contributed by atoms with Crippen LogP contribution in [0.3, 0.4) is 0 Å². The lowest BCUT2D eigenvalue weighted by molar-refractivity contribution is 0.555. The van der Waals surface area contributed by atoms with E-state index in [1.54, 1.807) is 0 Å². The summed E-state index contributed by atoms with van der Waals surface area (Å²) in [5.41, 5.74) is 4.86. The molecular weight excluding hydrogens is 507 g/mol. The van der Waals surface area contributed by atoms with Crippen LogP contribution in [-0.2, 0) is 13.1 Å². The molecule has 1 aromatic carbocycles. The van der Waals surface area contributed by atoms with Crippen molar-refractivity contribution in [1.29, 1.82) is 0 Å². The second-order valence-corrected chi connectivity index (χ2v) is 8.62. The third-order valence-corrected chi connectivity index (χ3v) is 5.96. The second-order valence-electron chi connectivity index (χ2n) is 7.39. The molecule has 0 atom stereocenters. The Labute approximate surface area is 202 Å². The number of halogens is 1. The van der Waals surface area contributed by atoms with E-state index in [0.717, 1.165) is 50.8 Å². The number of aromatic nitrogens is 2. The van der Waals surface area contributed by atoms with Gasteiger partial charge in [-0.25, -0.2) is 4.99 Å². The average Bonchev–Trinajstić information content (AvgIpc) is 3.07. The first-order valence-electron chi connectivity index (χ1n) is 10.6. The molecule has 30 heavy (non-hydrogen) atoms. The summed E-state index contributed by atoms with van der Waals surface area (Å²) in [6.07, 6.45) is 1.01. The van der Waals surface area contributed by atoms with Crippen molar-refractivity contribution >= 4 is 47.4 Å². The quantitative estimate of drug-likeness (QED) is 0.230. The molecule has 2 aromatic rings. The van der Waals surface area contributed by atoms with Gasteiger partial charge in [0.15, 0.2) is 5.96 Å². The van der Waals surface area contributed by atoms with Gasteiger partial charge in [-0.05, 0) is 51.0 Å². The van der Waals surface area contributed by atoms with Gasteiger partial charge in [-0.3, -0.25) is 4.68 Å². The van der Waals surface area contributed by atoms with E-state index in [2.05, 4.69) is 69.5 Å². The monoisotopic (exact) mass is 542 g/mol. The number of guanidine groups is 1. The molecule has 166 valence electrons. The van der Waals surface area contributed by atoms with Crippen molar-refractivity contribution in [2.45, 2.75) is 40.3 Å².